The molecule has 11 atom stereocenters. The van der Waals surface area contributed by atoms with Crippen molar-refractivity contribution < 1.29 is 80.1 Å². The minimum absolute atomic E-state index is 0.0204. The van der Waals surface area contributed by atoms with E-state index in [0.29, 0.717) is 0 Å². The molecule has 2 fully saturated rings. The van der Waals surface area contributed by atoms with Crippen LogP contribution in [0.1, 0.15) is 18.3 Å². The number of nitrogens with zero attached hydrogens (tertiary/aromatic N) is 6. The molecule has 0 bridgehead atoms. The first-order chi connectivity index (χ1) is 24.7. The maximum Gasteiger partial charge on any atom is 0.490 e. The van der Waals surface area contributed by atoms with Gasteiger partial charge >= 0.3 is 29.0 Å². The van der Waals surface area contributed by atoms with E-state index in [2.05, 4.69) is 38.1 Å². The summed E-state index contributed by atoms with van der Waals surface area (Å²) in [6.45, 7) is -0.488. The number of methoxy groups -OCH3 is 1. The second kappa shape index (κ2) is 14.4. The highest BCUT2D eigenvalue weighted by molar-refractivity contribution is 7.66. The Hall–Kier alpha value is -3.33. The molecular weight excluding hydrogens is 783 g/mol. The van der Waals surface area contributed by atoms with E-state index in [9.17, 15) is 53.3 Å². The molecule has 2 aliphatic rings. The monoisotopic (exact) mass is 816 g/mol. The van der Waals surface area contributed by atoms with Gasteiger partial charge in [-0.05, 0) is 6.92 Å². The average Bonchev–Trinajstić information content (AvgIpc) is 3.76. The molecule has 0 aromatic carbocycles. The Bertz CT molecular complexity index is 2300. The molecule has 2 aliphatic heterocycles. The summed E-state index contributed by atoms with van der Waals surface area (Å²) in [6.07, 6.45) is -9.50. The number of aliphatic hydroxyl groups excluding tert-OH is 3. The molecular formula is C23H33N9O18P3+. The second-order valence-electron chi connectivity index (χ2n) is 11.7. The third-order valence-corrected chi connectivity index (χ3v) is 12.3. The molecule has 292 valence electrons. The van der Waals surface area contributed by atoms with Crippen molar-refractivity contribution in [3.8, 4) is 0 Å². The first-order valence-electron chi connectivity index (χ1n) is 15.0. The summed E-state index contributed by atoms with van der Waals surface area (Å²) in [5.74, 6) is -0.0452. The quantitative estimate of drug-likeness (QED) is 0.0475. The van der Waals surface area contributed by atoms with Gasteiger partial charge in [-0.1, -0.05) is 0 Å². The zero-order valence-corrected chi connectivity index (χ0v) is 30.1. The number of aromatic amines is 2. The van der Waals surface area contributed by atoms with Crippen LogP contribution in [0.2, 0.25) is 0 Å². The number of fused-ring (bicyclic) bond motifs is 2. The Morgan fingerprint density at radius 1 is 0.868 bits per heavy atom. The minimum Gasteiger partial charge on any atom is -0.387 e. The lowest BCUT2D eigenvalue weighted by Crippen LogP contribution is -2.35. The summed E-state index contributed by atoms with van der Waals surface area (Å²) >= 11 is 0. The van der Waals surface area contributed by atoms with Crippen LogP contribution in [0.3, 0.4) is 0 Å². The van der Waals surface area contributed by atoms with Crippen molar-refractivity contribution in [3.05, 3.63) is 39.2 Å². The molecule has 6 rings (SSSR count). The maximum atomic E-state index is 12.6. The first kappa shape index (κ1) is 39.4. The van der Waals surface area contributed by atoms with E-state index in [1.54, 1.807) is 0 Å². The standard InChI is InChI=1S/C23H32N9O18P3/c1-8-26-17-11(19(36)27-8)25-6-31(17)22-15(35)16(44-3)10(48-22)5-46-52(40,41)50-53(42,43)49-51(38,39)45-4-9-13(33)14(34)21(47-9)32-7-30(2)12-18(32)28-23(24)29-20(12)37/h6-7,9-10,13-16,21-22,33-35H,4-5H2,1-3H3,(H6-,24,26,27,28,29,36,37,38,39,40,41,42,43)/p+1/t9-,10-,13+,14?,15?,16+,21-,22-/m1/s1. The van der Waals surface area contributed by atoms with E-state index < -0.39 is 96.9 Å². The Balaban J connectivity index is 1.06. The Kier molecular flexibility index (Phi) is 10.7. The lowest BCUT2D eigenvalue weighted by molar-refractivity contribution is -0.646. The van der Waals surface area contributed by atoms with Gasteiger partial charge in [-0.25, -0.2) is 28.2 Å². The smallest absolute Gasteiger partial charge is 0.387 e. The van der Waals surface area contributed by atoms with Crippen molar-refractivity contribution in [2.45, 2.75) is 56.0 Å². The number of nitrogens with two attached hydrogens (primary N) is 1. The number of aliphatic hydroxyl groups is 3. The molecule has 0 saturated carbocycles. The molecule has 5 unspecified atom stereocenters. The molecule has 0 amide bonds. The van der Waals surface area contributed by atoms with Crippen LogP contribution in [-0.2, 0) is 52.6 Å². The van der Waals surface area contributed by atoms with Gasteiger partial charge in [-0.2, -0.15) is 18.2 Å². The fourth-order valence-corrected chi connectivity index (χ4v) is 9.33. The first-order valence-corrected chi connectivity index (χ1v) is 19.5. The maximum absolute atomic E-state index is 12.6. The van der Waals surface area contributed by atoms with E-state index >= 15 is 0 Å². The van der Waals surface area contributed by atoms with Crippen molar-refractivity contribution >= 4 is 51.7 Å². The van der Waals surface area contributed by atoms with Crippen LogP contribution in [0, 0.1) is 6.92 Å². The number of aryl methyl sites for hydroxylation is 2. The fraction of sp³-hybridized carbons (Fsp3) is 0.565. The van der Waals surface area contributed by atoms with Gasteiger partial charge in [0.25, 0.3) is 16.7 Å². The highest BCUT2D eigenvalue weighted by Crippen LogP contribution is 2.67. The van der Waals surface area contributed by atoms with Crippen molar-refractivity contribution in [1.82, 2.24) is 34.1 Å². The van der Waals surface area contributed by atoms with Gasteiger partial charge in [0.1, 0.15) is 42.4 Å². The molecule has 0 aliphatic carbocycles. The van der Waals surface area contributed by atoms with Gasteiger partial charge in [0.2, 0.25) is 18.5 Å². The number of imidazole rings is 2. The molecule has 0 spiro atoms. The predicted octanol–water partition coefficient (Wildman–Crippen LogP) is -3.17. The summed E-state index contributed by atoms with van der Waals surface area (Å²) < 4.78 is 75.5. The second-order valence-corrected chi connectivity index (χ2v) is 16.3. The molecule has 53 heavy (non-hydrogen) atoms. The number of aromatic nitrogens is 8. The molecule has 4 aromatic heterocycles. The van der Waals surface area contributed by atoms with E-state index in [1.807, 2.05) is 0 Å². The van der Waals surface area contributed by atoms with E-state index in [4.69, 9.17) is 24.5 Å². The topological polar surface area (TPSA) is 381 Å². The molecule has 2 saturated heterocycles. The number of hydrogen-bond donors (Lipinski definition) is 9. The largest absolute Gasteiger partial charge is 0.490 e. The number of nitrogen functional groups attached to an aromatic ring is 1. The van der Waals surface area contributed by atoms with Crippen LogP contribution in [0.25, 0.3) is 22.3 Å². The van der Waals surface area contributed by atoms with Crippen LogP contribution < -0.4 is 21.4 Å². The van der Waals surface area contributed by atoms with Gasteiger partial charge in [-0.3, -0.25) is 28.2 Å². The van der Waals surface area contributed by atoms with Crippen molar-refractivity contribution in [2.24, 2.45) is 7.05 Å². The predicted molar refractivity (Wildman–Crippen MR) is 169 cm³/mol. The van der Waals surface area contributed by atoms with Crippen LogP contribution in [0.4, 0.5) is 5.95 Å². The highest BCUT2D eigenvalue weighted by Gasteiger charge is 2.51. The van der Waals surface area contributed by atoms with Crippen molar-refractivity contribution in [2.75, 3.05) is 26.1 Å². The van der Waals surface area contributed by atoms with E-state index in [1.165, 1.54) is 36.5 Å². The lowest BCUT2D eigenvalue weighted by atomic mass is 10.1. The molecule has 10 N–H and O–H groups in total. The lowest BCUT2D eigenvalue weighted by Gasteiger charge is -2.21. The van der Waals surface area contributed by atoms with Gasteiger partial charge in [0.15, 0.2) is 17.4 Å². The summed E-state index contributed by atoms with van der Waals surface area (Å²) in [5, 5.41) is 32.0. The molecule has 0 radical (unpaired) electrons. The Morgan fingerprint density at radius 3 is 2.11 bits per heavy atom. The normalized spacial score (nSPS) is 29.8. The number of rotatable bonds is 13. The van der Waals surface area contributed by atoms with Gasteiger partial charge < -0.3 is 54.9 Å². The van der Waals surface area contributed by atoms with Gasteiger partial charge in [0.05, 0.1) is 26.6 Å². The van der Waals surface area contributed by atoms with Crippen molar-refractivity contribution in [1.29, 1.82) is 0 Å². The summed E-state index contributed by atoms with van der Waals surface area (Å²) in [7, 11) is -14.6. The zero-order valence-electron chi connectivity index (χ0n) is 27.4. The SMILES string of the molecule is CO[C@@H]1C(O)[C@H](n2cnc3c(=O)[nH]c(C)nc32)O[C@@H]1COP(=O)(O)OP(=O)(O)OP(=O)(O)OC[C@H]1O[C@@H](n2c[n+](C)c3c(=O)[nH]c(N)nc32)C(O)[C@H]1O. The fourth-order valence-electron chi connectivity index (χ4n) is 5.81. The number of nitrogens with one attached hydrogen (secondary N) is 2. The number of ether oxygens (including phenoxy) is 3. The molecule has 30 heteroatoms. The third-order valence-electron chi connectivity index (χ3n) is 8.02. The van der Waals surface area contributed by atoms with E-state index in [-0.39, 0.29) is 34.1 Å². The van der Waals surface area contributed by atoms with Crippen LogP contribution in [-0.4, -0.2) is 121 Å². The Morgan fingerprint density at radius 2 is 1.47 bits per heavy atom. The third kappa shape index (κ3) is 7.92. The van der Waals surface area contributed by atoms with Gasteiger partial charge in [0, 0.05) is 7.11 Å². The van der Waals surface area contributed by atoms with Crippen molar-refractivity contribution in [3.63, 3.8) is 0 Å². The number of anilines is 1. The van der Waals surface area contributed by atoms with E-state index in [0.717, 1.165) is 10.9 Å². The zero-order chi connectivity index (χ0) is 38.8. The summed E-state index contributed by atoms with van der Waals surface area (Å²) in [6, 6.07) is 0. The Labute approximate surface area is 294 Å². The number of phosphoric acid groups is 3. The van der Waals surface area contributed by atoms with Crippen LogP contribution in [0.5, 0.6) is 0 Å². The summed E-state index contributed by atoms with van der Waals surface area (Å²) in [5.41, 5.74) is 4.35. The number of phosphoric ester groups is 2. The van der Waals surface area contributed by atoms with Crippen LogP contribution in [0.15, 0.2) is 22.2 Å². The molecule has 27 nitrogen and oxygen atoms in total. The molecule has 4 aromatic rings. The highest BCUT2D eigenvalue weighted by atomic mass is 31.3. The molecule has 6 heterocycles. The number of hydrogen-bond acceptors (Lipinski definition) is 19. The number of H-pyrrole nitrogens is 2. The summed E-state index contributed by atoms with van der Waals surface area (Å²) in [4.78, 5) is 71.7. The average molecular weight is 816 g/mol. The van der Waals surface area contributed by atoms with Crippen LogP contribution >= 0.6 is 23.5 Å². The van der Waals surface area contributed by atoms with Gasteiger partial charge in [-0.15, -0.1) is 0 Å². The minimum atomic E-state index is -5.97.